The zero-order valence-corrected chi connectivity index (χ0v) is 18.7. The Balaban J connectivity index is 1.43. The van der Waals surface area contributed by atoms with E-state index in [0.29, 0.717) is 41.7 Å². The van der Waals surface area contributed by atoms with E-state index >= 15 is 0 Å². The average Bonchev–Trinajstić information content (AvgIpc) is 3.04. The topological polar surface area (TPSA) is 34.1 Å². The largest absolute Gasteiger partial charge is 0.299 e. The molecule has 1 aromatic carbocycles. The van der Waals surface area contributed by atoms with Crippen LogP contribution in [0.1, 0.15) is 77.2 Å². The van der Waals surface area contributed by atoms with Gasteiger partial charge in [-0.15, -0.1) is 0 Å². The Morgan fingerprint density at radius 1 is 0.933 bits per heavy atom. The Labute approximate surface area is 181 Å². The molecule has 0 saturated heterocycles. The first kappa shape index (κ1) is 20.2. The highest BCUT2D eigenvalue weighted by atomic mass is 16.1. The zero-order chi connectivity index (χ0) is 20.9. The van der Waals surface area contributed by atoms with Gasteiger partial charge in [0.2, 0.25) is 0 Å². The van der Waals surface area contributed by atoms with E-state index < -0.39 is 0 Å². The van der Waals surface area contributed by atoms with E-state index in [2.05, 4.69) is 44.2 Å². The highest BCUT2D eigenvalue weighted by molar-refractivity contribution is 5.91. The summed E-state index contributed by atoms with van der Waals surface area (Å²) < 4.78 is 0. The molecule has 30 heavy (non-hydrogen) atoms. The van der Waals surface area contributed by atoms with Gasteiger partial charge in [-0.2, -0.15) is 0 Å². The van der Waals surface area contributed by atoms with E-state index in [1.165, 1.54) is 30.4 Å². The van der Waals surface area contributed by atoms with Crippen LogP contribution in [0.15, 0.2) is 42.0 Å². The molecule has 0 amide bonds. The van der Waals surface area contributed by atoms with Gasteiger partial charge in [-0.25, -0.2) is 0 Å². The third kappa shape index (κ3) is 3.13. The van der Waals surface area contributed by atoms with Gasteiger partial charge in [0.1, 0.15) is 5.78 Å². The third-order valence-corrected chi connectivity index (χ3v) is 9.73. The summed E-state index contributed by atoms with van der Waals surface area (Å²) >= 11 is 0. The van der Waals surface area contributed by atoms with Crippen molar-refractivity contribution >= 4 is 11.6 Å². The first-order valence-electron chi connectivity index (χ1n) is 12.2. The van der Waals surface area contributed by atoms with Gasteiger partial charge >= 0.3 is 0 Å². The minimum Gasteiger partial charge on any atom is -0.299 e. The molecular weight excluding hydrogens is 368 g/mol. The van der Waals surface area contributed by atoms with Crippen molar-refractivity contribution in [2.24, 2.45) is 34.5 Å². The van der Waals surface area contributed by atoms with Crippen molar-refractivity contribution in [1.82, 2.24) is 0 Å². The molecule has 0 spiro atoms. The highest BCUT2D eigenvalue weighted by Gasteiger charge is 2.61. The van der Waals surface area contributed by atoms with Crippen molar-refractivity contribution in [3.63, 3.8) is 0 Å². The average molecular weight is 405 g/mol. The fraction of sp³-hybridized carbons (Fsp3) is 0.643. The Morgan fingerprint density at radius 2 is 1.70 bits per heavy atom. The van der Waals surface area contributed by atoms with E-state index in [0.717, 1.165) is 38.5 Å². The lowest BCUT2D eigenvalue weighted by Crippen LogP contribution is -2.53. The van der Waals surface area contributed by atoms with E-state index in [-0.39, 0.29) is 10.8 Å². The van der Waals surface area contributed by atoms with Gasteiger partial charge in [0.15, 0.2) is 5.78 Å². The number of Topliss-reactive ketones (excluding diaryl/α,β-unsaturated/α-hetero) is 1. The molecule has 3 unspecified atom stereocenters. The van der Waals surface area contributed by atoms with Crippen LogP contribution in [0.2, 0.25) is 0 Å². The maximum atomic E-state index is 12.9. The first-order chi connectivity index (χ1) is 14.4. The van der Waals surface area contributed by atoms with Gasteiger partial charge < -0.3 is 0 Å². The van der Waals surface area contributed by atoms with Crippen molar-refractivity contribution in [2.45, 2.75) is 78.1 Å². The summed E-state index contributed by atoms with van der Waals surface area (Å²) in [5, 5.41) is 0. The second-order valence-corrected chi connectivity index (χ2v) is 11.1. The molecule has 6 atom stereocenters. The van der Waals surface area contributed by atoms with Gasteiger partial charge in [0.05, 0.1) is 0 Å². The summed E-state index contributed by atoms with van der Waals surface area (Å²) in [4.78, 5) is 25.1. The SMILES string of the molecule is C[C@]12CCC(=O)C=C1C[C@@H](CCCc1ccccc1)C1C2CC[C@]2(C)C(=O)CCC12. The van der Waals surface area contributed by atoms with Crippen LogP contribution in [0.5, 0.6) is 0 Å². The lowest BCUT2D eigenvalue weighted by molar-refractivity contribution is -0.135. The predicted molar refractivity (Wildman–Crippen MR) is 120 cm³/mol. The number of aryl methyl sites for hydroxylation is 1. The molecule has 3 saturated carbocycles. The van der Waals surface area contributed by atoms with Crippen LogP contribution in [0.25, 0.3) is 0 Å². The summed E-state index contributed by atoms with van der Waals surface area (Å²) in [5.41, 5.74) is 2.96. The van der Waals surface area contributed by atoms with E-state index in [1.807, 2.05) is 6.08 Å². The summed E-state index contributed by atoms with van der Waals surface area (Å²) in [6.07, 6.45) is 12.5. The molecule has 0 aromatic heterocycles. The lowest BCUT2D eigenvalue weighted by Gasteiger charge is -2.59. The van der Waals surface area contributed by atoms with E-state index in [4.69, 9.17) is 0 Å². The van der Waals surface area contributed by atoms with Crippen molar-refractivity contribution in [3.8, 4) is 0 Å². The van der Waals surface area contributed by atoms with Crippen LogP contribution < -0.4 is 0 Å². The second kappa shape index (κ2) is 7.46. The number of carbonyl (C=O) groups excluding carboxylic acids is 2. The van der Waals surface area contributed by atoms with Crippen molar-refractivity contribution in [2.75, 3.05) is 0 Å². The fourth-order valence-electron chi connectivity index (χ4n) is 7.98. The summed E-state index contributed by atoms with van der Waals surface area (Å²) in [6.45, 7) is 4.73. The fourth-order valence-corrected chi connectivity index (χ4v) is 7.98. The minimum absolute atomic E-state index is 0.0824. The number of hydrogen-bond acceptors (Lipinski definition) is 2. The zero-order valence-electron chi connectivity index (χ0n) is 18.7. The predicted octanol–water partition coefficient (Wildman–Crippen LogP) is 6.34. The third-order valence-electron chi connectivity index (χ3n) is 9.73. The van der Waals surface area contributed by atoms with Crippen molar-refractivity contribution < 1.29 is 9.59 Å². The maximum absolute atomic E-state index is 12.9. The number of allylic oxidation sites excluding steroid dienone is 1. The molecule has 0 radical (unpaired) electrons. The number of ketones is 2. The summed E-state index contributed by atoms with van der Waals surface area (Å²) in [7, 11) is 0. The van der Waals surface area contributed by atoms with Crippen LogP contribution in [0, 0.1) is 34.5 Å². The van der Waals surface area contributed by atoms with E-state index in [1.54, 1.807) is 0 Å². The molecule has 1 aromatic rings. The summed E-state index contributed by atoms with van der Waals surface area (Å²) in [6, 6.07) is 10.8. The van der Waals surface area contributed by atoms with Crippen LogP contribution in [0.3, 0.4) is 0 Å². The van der Waals surface area contributed by atoms with Crippen molar-refractivity contribution in [3.05, 3.63) is 47.5 Å². The van der Waals surface area contributed by atoms with Gasteiger partial charge in [-0.05, 0) is 92.1 Å². The van der Waals surface area contributed by atoms with Crippen LogP contribution in [-0.4, -0.2) is 11.6 Å². The van der Waals surface area contributed by atoms with Gasteiger partial charge in [-0.1, -0.05) is 49.8 Å². The normalized spacial score (nSPS) is 40.4. The van der Waals surface area contributed by atoms with Crippen LogP contribution >= 0.6 is 0 Å². The second-order valence-electron chi connectivity index (χ2n) is 11.1. The molecule has 0 aliphatic heterocycles. The first-order valence-corrected chi connectivity index (χ1v) is 12.2. The number of carbonyl (C=O) groups is 2. The Kier molecular flexibility index (Phi) is 5.03. The standard InChI is InChI=1S/C28H36O2/c1-27-15-13-22(29)18-21(27)17-20(10-6-9-19-7-4-3-5-8-19)26-23-11-12-25(30)28(23,2)16-14-24(26)27/h3-5,7-8,18,20,23-24,26H,6,9-17H2,1-2H3/t20-,23?,24?,26?,27+,28+/m1/s1. The number of rotatable bonds is 4. The number of fused-ring (bicyclic) bond motifs is 5. The quantitative estimate of drug-likeness (QED) is 0.587. The Morgan fingerprint density at radius 3 is 2.50 bits per heavy atom. The monoisotopic (exact) mass is 404 g/mol. The van der Waals surface area contributed by atoms with Gasteiger partial charge in [0, 0.05) is 18.3 Å². The van der Waals surface area contributed by atoms with Gasteiger partial charge in [-0.3, -0.25) is 9.59 Å². The van der Waals surface area contributed by atoms with E-state index in [9.17, 15) is 9.59 Å². The molecule has 0 N–H and O–H groups in total. The minimum atomic E-state index is -0.0824. The molecule has 5 rings (SSSR count). The molecule has 2 nitrogen and oxygen atoms in total. The molecule has 3 fully saturated rings. The smallest absolute Gasteiger partial charge is 0.155 e. The molecular formula is C28H36O2. The van der Waals surface area contributed by atoms with Crippen LogP contribution in [0.4, 0.5) is 0 Å². The molecule has 2 heteroatoms. The molecule has 4 aliphatic carbocycles. The molecule has 0 bridgehead atoms. The summed E-state index contributed by atoms with van der Waals surface area (Å²) in [5.74, 6) is 3.35. The van der Waals surface area contributed by atoms with Gasteiger partial charge in [0.25, 0.3) is 0 Å². The molecule has 0 heterocycles. The molecule has 160 valence electrons. The van der Waals surface area contributed by atoms with Crippen molar-refractivity contribution in [1.29, 1.82) is 0 Å². The number of benzene rings is 1. The Bertz CT molecular complexity index is 868. The maximum Gasteiger partial charge on any atom is 0.155 e. The van der Waals surface area contributed by atoms with Crippen LogP contribution in [-0.2, 0) is 16.0 Å². The highest BCUT2D eigenvalue weighted by Crippen LogP contribution is 2.66. The Hall–Kier alpha value is -1.70. The molecule has 4 aliphatic rings. The number of hydrogen-bond donors (Lipinski definition) is 0. The lowest BCUT2D eigenvalue weighted by atomic mass is 9.44.